The number of para-hydroxylation sites is 1. The molecule has 10 heteroatoms. The monoisotopic (exact) mass is 365 g/mol. The maximum Gasteiger partial charge on any atom is 0.341 e. The van der Waals surface area contributed by atoms with E-state index in [0.717, 1.165) is 0 Å². The molecule has 134 valence electrons. The second-order valence-corrected chi connectivity index (χ2v) is 6.49. The van der Waals surface area contributed by atoms with Crippen LogP contribution in [0.3, 0.4) is 0 Å². The van der Waals surface area contributed by atoms with E-state index < -0.39 is 16.3 Å². The molecule has 0 unspecified atom stereocenters. The summed E-state index contributed by atoms with van der Waals surface area (Å²) in [5.41, 5.74) is 1.40. The lowest BCUT2D eigenvalue weighted by molar-refractivity contribution is 0.259. The molecular formula is C15H17N4O5S-. The van der Waals surface area contributed by atoms with E-state index >= 15 is 0 Å². The van der Waals surface area contributed by atoms with Gasteiger partial charge in [-0.1, -0.05) is 18.2 Å². The van der Waals surface area contributed by atoms with Crippen LogP contribution in [-0.2, 0) is 10.3 Å². The molecule has 0 saturated carbocycles. The maximum absolute atomic E-state index is 12.5. The van der Waals surface area contributed by atoms with Crippen molar-refractivity contribution in [2.75, 3.05) is 16.7 Å². The van der Waals surface area contributed by atoms with Gasteiger partial charge in [0.05, 0.1) is 12.8 Å². The quantitative estimate of drug-likeness (QED) is 0.820. The molecule has 2 amide bonds. The van der Waals surface area contributed by atoms with Crippen LogP contribution in [-0.4, -0.2) is 36.1 Å². The molecule has 1 aromatic heterocycles. The first-order valence-electron chi connectivity index (χ1n) is 7.16. The van der Waals surface area contributed by atoms with Gasteiger partial charge in [0, 0.05) is 11.8 Å². The number of anilines is 2. The average molecular weight is 365 g/mol. The van der Waals surface area contributed by atoms with Crippen molar-refractivity contribution in [3.63, 3.8) is 0 Å². The summed E-state index contributed by atoms with van der Waals surface area (Å²) in [6.07, 6.45) is 0. The van der Waals surface area contributed by atoms with Crippen LogP contribution in [0.4, 0.5) is 16.4 Å². The number of aromatic nitrogens is 2. The van der Waals surface area contributed by atoms with E-state index in [1.807, 2.05) is 0 Å². The van der Waals surface area contributed by atoms with Gasteiger partial charge in [-0.3, -0.25) is 5.32 Å². The van der Waals surface area contributed by atoms with Crippen LogP contribution < -0.4 is 14.4 Å². The molecule has 1 aromatic carbocycles. The van der Waals surface area contributed by atoms with Crippen LogP contribution in [0.25, 0.3) is 0 Å². The summed E-state index contributed by atoms with van der Waals surface area (Å²) < 4.78 is 40.2. The van der Waals surface area contributed by atoms with E-state index in [-0.39, 0.29) is 21.8 Å². The summed E-state index contributed by atoms with van der Waals surface area (Å²) in [4.78, 5) is 20.4. The number of amides is 2. The number of aryl methyl sites for hydroxylation is 3. The Balaban J connectivity index is 2.47. The number of methoxy groups -OCH3 is 1. The molecule has 1 N–H and O–H groups in total. The first-order chi connectivity index (χ1) is 11.6. The number of nitrogens with one attached hydrogen (secondary N) is 1. The van der Waals surface area contributed by atoms with Crippen LogP contribution in [0.2, 0.25) is 0 Å². The van der Waals surface area contributed by atoms with Gasteiger partial charge in [-0.25, -0.2) is 18.2 Å². The minimum Gasteiger partial charge on any atom is -0.730 e. The number of rotatable bonds is 4. The molecule has 0 bridgehead atoms. The third-order valence-electron chi connectivity index (χ3n) is 3.31. The number of hydrogen-bond donors (Lipinski definition) is 1. The molecule has 1 heterocycles. The Bertz CT molecular complexity index is 894. The van der Waals surface area contributed by atoms with E-state index in [2.05, 4.69) is 15.3 Å². The van der Waals surface area contributed by atoms with Gasteiger partial charge in [-0.05, 0) is 31.9 Å². The Labute approximate surface area is 145 Å². The molecule has 0 fully saturated rings. The van der Waals surface area contributed by atoms with Gasteiger partial charge in [0.25, 0.3) is 0 Å². The number of ether oxygens (including phenoxy) is 1. The first kappa shape index (κ1) is 18.6. The lowest BCUT2D eigenvalue weighted by Gasteiger charge is -2.27. The summed E-state index contributed by atoms with van der Waals surface area (Å²) >= 11 is 0. The molecule has 0 radical (unpaired) electrons. The molecule has 9 nitrogen and oxygen atoms in total. The van der Waals surface area contributed by atoms with Crippen LogP contribution >= 0.6 is 0 Å². The van der Waals surface area contributed by atoms with E-state index in [1.165, 1.54) is 13.2 Å². The van der Waals surface area contributed by atoms with Crippen molar-refractivity contribution >= 4 is 28.0 Å². The van der Waals surface area contributed by atoms with Crippen LogP contribution in [0.1, 0.15) is 16.8 Å². The summed E-state index contributed by atoms with van der Waals surface area (Å²) in [7, 11) is -3.74. The Kier molecular flexibility index (Phi) is 5.24. The Morgan fingerprint density at radius 3 is 2.32 bits per heavy atom. The fraction of sp³-hybridized carbons (Fsp3) is 0.267. The van der Waals surface area contributed by atoms with Gasteiger partial charge < -0.3 is 9.29 Å². The highest BCUT2D eigenvalue weighted by Crippen LogP contribution is 2.27. The minimum absolute atomic E-state index is 0.00498. The van der Waals surface area contributed by atoms with E-state index in [0.29, 0.717) is 16.8 Å². The fourth-order valence-electron chi connectivity index (χ4n) is 2.29. The highest BCUT2D eigenvalue weighted by atomic mass is 32.2. The SMILES string of the molecule is COc1cc(C)nc(NC(=O)N(c2c(C)cccc2C)S(=O)(=O)[O-])n1. The summed E-state index contributed by atoms with van der Waals surface area (Å²) in [5, 5.41) is 2.22. The number of carbonyl (C=O) groups excluding carboxylic acids is 1. The van der Waals surface area contributed by atoms with Crippen molar-refractivity contribution in [2.24, 2.45) is 0 Å². The second-order valence-electron chi connectivity index (χ2n) is 5.27. The van der Waals surface area contributed by atoms with Crippen molar-refractivity contribution < 1.29 is 22.5 Å². The highest BCUT2D eigenvalue weighted by molar-refractivity contribution is 7.88. The zero-order valence-electron chi connectivity index (χ0n) is 14.1. The van der Waals surface area contributed by atoms with E-state index in [1.54, 1.807) is 39.0 Å². The van der Waals surface area contributed by atoms with Crippen molar-refractivity contribution in [3.8, 4) is 5.88 Å². The molecular weight excluding hydrogens is 348 g/mol. The minimum atomic E-state index is -5.12. The molecule has 0 aliphatic carbocycles. The first-order valence-corrected chi connectivity index (χ1v) is 8.53. The predicted octanol–water partition coefficient (Wildman–Crippen LogP) is 1.91. The summed E-state index contributed by atoms with van der Waals surface area (Å²) in [6.45, 7) is 4.84. The van der Waals surface area contributed by atoms with Crippen molar-refractivity contribution in [1.29, 1.82) is 0 Å². The molecule has 0 atom stereocenters. The highest BCUT2D eigenvalue weighted by Gasteiger charge is 2.26. The molecule has 0 saturated heterocycles. The number of urea groups is 1. The lowest BCUT2D eigenvalue weighted by Crippen LogP contribution is -2.41. The molecule has 25 heavy (non-hydrogen) atoms. The van der Waals surface area contributed by atoms with Crippen LogP contribution in [0, 0.1) is 20.8 Å². The van der Waals surface area contributed by atoms with Gasteiger partial charge in [-0.15, -0.1) is 0 Å². The molecule has 2 rings (SSSR count). The number of nitrogens with zero attached hydrogens (tertiary/aromatic N) is 3. The topological polar surface area (TPSA) is 125 Å². The van der Waals surface area contributed by atoms with Crippen LogP contribution in [0.15, 0.2) is 24.3 Å². The zero-order valence-corrected chi connectivity index (χ0v) is 14.9. The van der Waals surface area contributed by atoms with Gasteiger partial charge in [0.1, 0.15) is 0 Å². The van der Waals surface area contributed by atoms with Gasteiger partial charge in [-0.2, -0.15) is 9.29 Å². The normalized spacial score (nSPS) is 11.1. The number of carbonyl (C=O) groups is 1. The summed E-state index contributed by atoms with van der Waals surface area (Å²) in [6, 6.07) is 5.24. The maximum atomic E-state index is 12.5. The number of hydrogen-bond acceptors (Lipinski definition) is 7. The zero-order chi connectivity index (χ0) is 18.8. The largest absolute Gasteiger partial charge is 0.730 e. The van der Waals surface area contributed by atoms with Gasteiger partial charge in [0.15, 0.2) is 10.3 Å². The van der Waals surface area contributed by atoms with Crippen molar-refractivity contribution in [2.45, 2.75) is 20.8 Å². The Hall–Kier alpha value is -2.72. The third-order valence-corrected chi connectivity index (χ3v) is 4.10. The van der Waals surface area contributed by atoms with Gasteiger partial charge >= 0.3 is 6.03 Å². The Morgan fingerprint density at radius 1 is 1.20 bits per heavy atom. The molecule has 0 spiro atoms. The third kappa shape index (κ3) is 4.22. The van der Waals surface area contributed by atoms with Crippen molar-refractivity contribution in [3.05, 3.63) is 41.1 Å². The van der Waals surface area contributed by atoms with Gasteiger partial charge in [0.2, 0.25) is 11.8 Å². The average Bonchev–Trinajstić information content (AvgIpc) is 2.48. The number of benzene rings is 1. The van der Waals surface area contributed by atoms with Crippen LogP contribution in [0.5, 0.6) is 5.88 Å². The molecule has 0 aliphatic heterocycles. The van der Waals surface area contributed by atoms with E-state index in [9.17, 15) is 17.8 Å². The lowest BCUT2D eigenvalue weighted by atomic mass is 10.1. The molecule has 2 aromatic rings. The second kappa shape index (κ2) is 7.03. The van der Waals surface area contributed by atoms with E-state index in [4.69, 9.17) is 4.74 Å². The fourth-order valence-corrected chi connectivity index (χ4v) is 3.05. The summed E-state index contributed by atoms with van der Waals surface area (Å²) in [5.74, 6) is 0.00754. The standard InChI is InChI=1S/C15H18N4O5S/c1-9-6-5-7-10(2)13(9)19(25(21,22)23)15(20)18-14-16-11(3)8-12(17-14)24-4/h5-8H,1-4H3,(H,21,22,23)(H,16,17,18,20)/p-1. The Morgan fingerprint density at radius 2 is 1.80 bits per heavy atom. The molecule has 0 aliphatic rings. The van der Waals surface area contributed by atoms with Crippen molar-refractivity contribution in [1.82, 2.24) is 9.97 Å². The predicted molar refractivity (Wildman–Crippen MR) is 90.4 cm³/mol. The smallest absolute Gasteiger partial charge is 0.341 e.